The van der Waals surface area contributed by atoms with E-state index < -0.39 is 28.3 Å². The largest absolute Gasteiger partial charge is 0.392 e. The van der Waals surface area contributed by atoms with Crippen LogP contribution in [0.1, 0.15) is 72.3 Å². The molecule has 3 fully saturated rings. The summed E-state index contributed by atoms with van der Waals surface area (Å²) in [5, 5.41) is 12.6. The summed E-state index contributed by atoms with van der Waals surface area (Å²) in [6.45, 7) is 7.21. The first-order valence-corrected chi connectivity index (χ1v) is 20.7. The molecule has 7 rings (SSSR count). The Morgan fingerprint density at radius 3 is 2.33 bits per heavy atom. The van der Waals surface area contributed by atoms with Gasteiger partial charge in [-0.1, -0.05) is 84.4 Å². The number of amides is 1. The van der Waals surface area contributed by atoms with E-state index in [9.17, 15) is 18.3 Å². The van der Waals surface area contributed by atoms with Crippen molar-refractivity contribution in [2.24, 2.45) is 0 Å². The summed E-state index contributed by atoms with van der Waals surface area (Å²) in [6, 6.07) is 30.7. The second kappa shape index (κ2) is 17.7. The predicted octanol–water partition coefficient (Wildman–Crippen LogP) is 6.12. The zero-order valence-corrected chi connectivity index (χ0v) is 31.8. The fraction of sp³-hybridized carbons (Fsp3) is 0.419. The summed E-state index contributed by atoms with van der Waals surface area (Å²) in [5.41, 5.74) is 4.89. The number of aryl methyl sites for hydroxylation is 1. The van der Waals surface area contributed by atoms with Crippen molar-refractivity contribution >= 4 is 21.6 Å². The van der Waals surface area contributed by atoms with Crippen LogP contribution in [0.4, 0.5) is 5.69 Å². The van der Waals surface area contributed by atoms with Gasteiger partial charge >= 0.3 is 0 Å². The molecule has 0 aliphatic carbocycles. The molecule has 0 saturated carbocycles. The average Bonchev–Trinajstić information content (AvgIpc) is 3.87. The Balaban J connectivity index is 1.10. The van der Waals surface area contributed by atoms with Gasteiger partial charge in [0.15, 0.2) is 6.29 Å². The highest BCUT2D eigenvalue weighted by molar-refractivity contribution is 7.89. The van der Waals surface area contributed by atoms with Crippen molar-refractivity contribution in [1.29, 1.82) is 0 Å². The number of hydrogen-bond acceptors (Lipinski definition) is 8. The molecular weight excluding hydrogens is 701 g/mol. The number of aliphatic hydroxyl groups excluding tert-OH is 1. The minimum atomic E-state index is -3.99. The fourth-order valence-corrected chi connectivity index (χ4v) is 9.10. The summed E-state index contributed by atoms with van der Waals surface area (Å²) < 4.78 is 43.0. The number of ether oxygens (including phenoxy) is 2. The van der Waals surface area contributed by atoms with Crippen LogP contribution in [0.2, 0.25) is 0 Å². The van der Waals surface area contributed by atoms with E-state index in [0.29, 0.717) is 18.2 Å². The molecular formula is C43H52N4O6S. The number of nitrogens with one attached hydrogen (secondary N) is 2. The Bertz CT molecular complexity index is 1940. The molecule has 54 heavy (non-hydrogen) atoms. The van der Waals surface area contributed by atoms with Crippen LogP contribution in [-0.4, -0.2) is 80.1 Å². The van der Waals surface area contributed by atoms with Crippen molar-refractivity contribution in [3.8, 4) is 0 Å². The first-order chi connectivity index (χ1) is 26.2. The number of hydrogen-bond donors (Lipinski definition) is 3. The maximum absolute atomic E-state index is 13.9. The standard InChI is InChI=1S/C43H52N4O6S/c1-31-14-20-39(21-15-31)54(50,51)45-40(25-32-9-3-2-4-10-32)42(49)44-36-12-7-11-35(26-36)43-52-38(27-41(53-43)34-18-16-33(30-48)17-19-34)29-47-24-8-13-37(47)28-46-22-5-6-23-46/h2-4,7,9-12,14-21,26,37-38,40-41,43,45,48H,5-6,8,13,22-25,27-30H2,1H3,(H,44,49). The highest BCUT2D eigenvalue weighted by Crippen LogP contribution is 2.39. The molecule has 3 aliphatic rings. The van der Waals surface area contributed by atoms with Crippen molar-refractivity contribution in [3.63, 3.8) is 0 Å². The zero-order valence-electron chi connectivity index (χ0n) is 31.0. The van der Waals surface area contributed by atoms with Gasteiger partial charge in [0.1, 0.15) is 6.04 Å². The molecule has 0 spiro atoms. The van der Waals surface area contributed by atoms with E-state index in [-0.39, 0.29) is 30.1 Å². The van der Waals surface area contributed by atoms with Crippen molar-refractivity contribution < 1.29 is 27.8 Å². The third kappa shape index (κ3) is 9.83. The molecule has 5 atom stereocenters. The molecule has 4 aromatic carbocycles. The lowest BCUT2D eigenvalue weighted by Crippen LogP contribution is -2.45. The molecule has 0 radical (unpaired) electrons. The van der Waals surface area contributed by atoms with Gasteiger partial charge in [-0.15, -0.1) is 0 Å². The number of carbonyl (C=O) groups is 1. The van der Waals surface area contributed by atoms with Gasteiger partial charge in [-0.25, -0.2) is 8.42 Å². The maximum atomic E-state index is 13.9. The van der Waals surface area contributed by atoms with E-state index in [1.807, 2.05) is 79.7 Å². The quantitative estimate of drug-likeness (QED) is 0.141. The minimum Gasteiger partial charge on any atom is -0.392 e. The van der Waals surface area contributed by atoms with Gasteiger partial charge in [0.2, 0.25) is 15.9 Å². The van der Waals surface area contributed by atoms with Crippen LogP contribution in [0.15, 0.2) is 108 Å². The first kappa shape index (κ1) is 38.3. The Morgan fingerprint density at radius 1 is 0.833 bits per heavy atom. The highest BCUT2D eigenvalue weighted by Gasteiger charge is 2.36. The SMILES string of the molecule is Cc1ccc(S(=O)(=O)NC(Cc2ccccc2)C(=O)Nc2cccc(C3OC(CN4CCCC4CN4CCCC4)CC(c4ccc(CO)cc4)O3)c2)cc1. The van der Waals surface area contributed by atoms with Gasteiger partial charge in [0.25, 0.3) is 0 Å². The number of benzene rings is 4. The Kier molecular flexibility index (Phi) is 12.6. The number of carbonyl (C=O) groups excluding carboxylic acids is 1. The lowest BCUT2D eigenvalue weighted by molar-refractivity contribution is -0.253. The lowest BCUT2D eigenvalue weighted by Gasteiger charge is -2.39. The molecule has 10 nitrogen and oxygen atoms in total. The second-order valence-electron chi connectivity index (χ2n) is 14.9. The van der Waals surface area contributed by atoms with Crippen LogP contribution < -0.4 is 10.0 Å². The molecule has 11 heteroatoms. The summed E-state index contributed by atoms with van der Waals surface area (Å²) in [6.07, 6.45) is 4.80. The van der Waals surface area contributed by atoms with Crippen LogP contribution in [-0.2, 0) is 37.3 Å². The second-order valence-corrected chi connectivity index (χ2v) is 16.7. The number of likely N-dealkylation sites (tertiary alicyclic amines) is 2. The van der Waals surface area contributed by atoms with Crippen LogP contribution in [0.5, 0.6) is 0 Å². The van der Waals surface area contributed by atoms with Gasteiger partial charge in [0.05, 0.1) is 23.7 Å². The molecule has 3 saturated heterocycles. The molecule has 1 amide bonds. The number of aliphatic hydroxyl groups is 1. The molecule has 5 unspecified atom stereocenters. The van der Waals surface area contributed by atoms with Crippen LogP contribution in [0.3, 0.4) is 0 Å². The molecule has 0 aromatic heterocycles. The predicted molar refractivity (Wildman–Crippen MR) is 209 cm³/mol. The zero-order chi connectivity index (χ0) is 37.5. The Morgan fingerprint density at radius 2 is 1.59 bits per heavy atom. The number of sulfonamides is 1. The summed E-state index contributed by atoms with van der Waals surface area (Å²) >= 11 is 0. The normalized spacial score (nSPS) is 23.0. The van der Waals surface area contributed by atoms with Crippen molar-refractivity contribution in [3.05, 3.63) is 131 Å². The monoisotopic (exact) mass is 752 g/mol. The highest BCUT2D eigenvalue weighted by atomic mass is 32.2. The van der Waals surface area contributed by atoms with Gasteiger partial charge < -0.3 is 24.8 Å². The summed E-state index contributed by atoms with van der Waals surface area (Å²) in [5.74, 6) is -0.477. The maximum Gasteiger partial charge on any atom is 0.242 e. The van der Waals surface area contributed by atoms with E-state index in [1.165, 1.54) is 38.8 Å². The molecule has 286 valence electrons. The lowest BCUT2D eigenvalue weighted by atomic mass is 9.99. The number of anilines is 1. The van der Waals surface area contributed by atoms with Gasteiger partial charge in [-0.3, -0.25) is 9.69 Å². The third-order valence-corrected chi connectivity index (χ3v) is 12.4. The van der Waals surface area contributed by atoms with Crippen molar-refractivity contribution in [2.75, 3.05) is 38.0 Å². The van der Waals surface area contributed by atoms with Crippen LogP contribution >= 0.6 is 0 Å². The number of rotatable bonds is 14. The van der Waals surface area contributed by atoms with E-state index in [1.54, 1.807) is 30.3 Å². The fourth-order valence-electron chi connectivity index (χ4n) is 7.90. The van der Waals surface area contributed by atoms with E-state index in [2.05, 4.69) is 19.8 Å². The Labute approximate surface area is 319 Å². The topological polar surface area (TPSA) is 120 Å². The van der Waals surface area contributed by atoms with Gasteiger partial charge in [0, 0.05) is 36.8 Å². The third-order valence-electron chi connectivity index (χ3n) is 10.9. The molecule has 3 N–H and O–H groups in total. The van der Waals surface area contributed by atoms with Crippen LogP contribution in [0.25, 0.3) is 0 Å². The molecule has 4 aromatic rings. The molecule has 3 aliphatic heterocycles. The molecule has 3 heterocycles. The smallest absolute Gasteiger partial charge is 0.242 e. The van der Waals surface area contributed by atoms with E-state index in [4.69, 9.17) is 9.47 Å². The Hall–Kier alpha value is -3.94. The van der Waals surface area contributed by atoms with Gasteiger partial charge in [-0.05, 0) is 99.6 Å². The van der Waals surface area contributed by atoms with Crippen LogP contribution in [0, 0.1) is 6.92 Å². The number of nitrogens with zero attached hydrogens (tertiary/aromatic N) is 2. The summed E-state index contributed by atoms with van der Waals surface area (Å²) in [4.78, 5) is 19.2. The molecule has 0 bridgehead atoms. The first-order valence-electron chi connectivity index (χ1n) is 19.2. The van der Waals surface area contributed by atoms with Crippen molar-refractivity contribution in [1.82, 2.24) is 14.5 Å². The van der Waals surface area contributed by atoms with Gasteiger partial charge in [-0.2, -0.15) is 4.72 Å². The van der Waals surface area contributed by atoms with E-state index in [0.717, 1.165) is 47.5 Å². The summed E-state index contributed by atoms with van der Waals surface area (Å²) in [7, 11) is -3.99. The van der Waals surface area contributed by atoms with E-state index >= 15 is 0 Å². The minimum absolute atomic E-state index is 0.0222. The van der Waals surface area contributed by atoms with Crippen molar-refractivity contribution in [2.45, 2.75) is 87.5 Å². The average molecular weight is 753 g/mol.